The standard InChI is InChI=1S/C19H25N3O3S/c1-3-12-26(24,25)22-18-11-6-5-10-17(18)19(23)21-16-9-7-8-15(13-16)14-20-4-2/h5-11,13,20,22H,3-4,12,14H2,1-2H3,(H,21,23). The summed E-state index contributed by atoms with van der Waals surface area (Å²) in [7, 11) is -3.47. The maximum absolute atomic E-state index is 12.6. The van der Waals surface area contributed by atoms with Crippen LogP contribution in [0.3, 0.4) is 0 Å². The number of hydrogen-bond donors (Lipinski definition) is 3. The van der Waals surface area contributed by atoms with Crippen LogP contribution in [0.4, 0.5) is 11.4 Å². The van der Waals surface area contributed by atoms with Gasteiger partial charge in [0.15, 0.2) is 0 Å². The molecule has 0 spiro atoms. The van der Waals surface area contributed by atoms with E-state index in [4.69, 9.17) is 0 Å². The monoisotopic (exact) mass is 375 g/mol. The van der Waals surface area contributed by atoms with Crippen molar-refractivity contribution in [1.82, 2.24) is 5.32 Å². The first-order chi connectivity index (χ1) is 12.4. The molecule has 0 bridgehead atoms. The summed E-state index contributed by atoms with van der Waals surface area (Å²) in [5.41, 5.74) is 2.28. The lowest BCUT2D eigenvalue weighted by Crippen LogP contribution is -2.20. The number of amides is 1. The van der Waals surface area contributed by atoms with Gasteiger partial charge in [-0.25, -0.2) is 8.42 Å². The Bertz CT molecular complexity index is 851. The van der Waals surface area contributed by atoms with Gasteiger partial charge >= 0.3 is 0 Å². The third-order valence-corrected chi connectivity index (χ3v) is 5.15. The molecule has 0 fully saturated rings. The molecule has 0 saturated heterocycles. The molecule has 7 heteroatoms. The molecule has 2 aromatic carbocycles. The largest absolute Gasteiger partial charge is 0.322 e. The van der Waals surface area contributed by atoms with E-state index in [0.29, 0.717) is 18.7 Å². The minimum Gasteiger partial charge on any atom is -0.322 e. The van der Waals surface area contributed by atoms with E-state index in [9.17, 15) is 13.2 Å². The number of hydrogen-bond acceptors (Lipinski definition) is 4. The molecule has 2 aromatic rings. The van der Waals surface area contributed by atoms with Crippen LogP contribution in [0.25, 0.3) is 0 Å². The normalized spacial score (nSPS) is 11.2. The Labute approximate surface area is 155 Å². The highest BCUT2D eigenvalue weighted by Gasteiger charge is 2.16. The summed E-state index contributed by atoms with van der Waals surface area (Å²) in [6, 6.07) is 14.1. The number of para-hydroxylation sites is 1. The molecule has 0 saturated carbocycles. The van der Waals surface area contributed by atoms with E-state index in [2.05, 4.69) is 15.4 Å². The average Bonchev–Trinajstić information content (AvgIpc) is 2.60. The second-order valence-corrected chi connectivity index (χ2v) is 7.74. The molecule has 0 radical (unpaired) electrons. The zero-order valence-corrected chi connectivity index (χ0v) is 15.9. The first-order valence-electron chi connectivity index (χ1n) is 8.65. The molecule has 0 aliphatic rings. The lowest BCUT2D eigenvalue weighted by atomic mass is 10.1. The van der Waals surface area contributed by atoms with Gasteiger partial charge in [0.1, 0.15) is 0 Å². The molecule has 0 atom stereocenters. The first-order valence-corrected chi connectivity index (χ1v) is 10.3. The summed E-state index contributed by atoms with van der Waals surface area (Å²) in [6.07, 6.45) is 0.502. The van der Waals surface area contributed by atoms with Crippen molar-refractivity contribution in [2.75, 3.05) is 22.3 Å². The van der Waals surface area contributed by atoms with Crippen molar-refractivity contribution >= 4 is 27.3 Å². The highest BCUT2D eigenvalue weighted by atomic mass is 32.2. The average molecular weight is 375 g/mol. The van der Waals surface area contributed by atoms with E-state index in [0.717, 1.165) is 12.1 Å². The Morgan fingerprint density at radius 3 is 2.54 bits per heavy atom. The van der Waals surface area contributed by atoms with Crippen LogP contribution in [0.5, 0.6) is 0 Å². The predicted octanol–water partition coefficient (Wildman–Crippen LogP) is 3.20. The van der Waals surface area contributed by atoms with Gasteiger partial charge in [-0.15, -0.1) is 0 Å². The lowest BCUT2D eigenvalue weighted by Gasteiger charge is -2.13. The van der Waals surface area contributed by atoms with E-state index in [1.807, 2.05) is 25.1 Å². The van der Waals surface area contributed by atoms with Crippen molar-refractivity contribution in [1.29, 1.82) is 0 Å². The fourth-order valence-corrected chi connectivity index (χ4v) is 3.64. The van der Waals surface area contributed by atoms with Gasteiger partial charge in [0.2, 0.25) is 10.0 Å². The topological polar surface area (TPSA) is 87.3 Å². The van der Waals surface area contributed by atoms with Crippen LogP contribution < -0.4 is 15.4 Å². The maximum atomic E-state index is 12.6. The quantitative estimate of drug-likeness (QED) is 0.628. The summed E-state index contributed by atoms with van der Waals surface area (Å²) < 4.78 is 26.6. The smallest absolute Gasteiger partial charge is 0.257 e. The van der Waals surface area contributed by atoms with Crippen LogP contribution in [-0.2, 0) is 16.6 Å². The molecule has 0 aromatic heterocycles. The molecule has 140 valence electrons. The van der Waals surface area contributed by atoms with Gasteiger partial charge in [-0.05, 0) is 42.8 Å². The van der Waals surface area contributed by atoms with Gasteiger partial charge in [-0.1, -0.05) is 38.1 Å². The van der Waals surface area contributed by atoms with Crippen LogP contribution in [0.1, 0.15) is 36.2 Å². The number of anilines is 2. The van der Waals surface area contributed by atoms with Crippen LogP contribution >= 0.6 is 0 Å². The van der Waals surface area contributed by atoms with E-state index in [1.165, 1.54) is 0 Å². The number of nitrogens with one attached hydrogen (secondary N) is 3. The highest BCUT2D eigenvalue weighted by Crippen LogP contribution is 2.19. The zero-order chi connectivity index (χ0) is 19.0. The van der Waals surface area contributed by atoms with Crippen molar-refractivity contribution in [3.63, 3.8) is 0 Å². The number of sulfonamides is 1. The molecular weight excluding hydrogens is 350 g/mol. The second kappa shape index (κ2) is 9.35. The third kappa shape index (κ3) is 5.86. The minimum atomic E-state index is -3.47. The Hall–Kier alpha value is -2.38. The summed E-state index contributed by atoms with van der Waals surface area (Å²) in [4.78, 5) is 12.6. The summed E-state index contributed by atoms with van der Waals surface area (Å²) in [5.74, 6) is -0.351. The summed E-state index contributed by atoms with van der Waals surface area (Å²) >= 11 is 0. The van der Waals surface area contributed by atoms with Crippen molar-refractivity contribution in [2.24, 2.45) is 0 Å². The molecule has 3 N–H and O–H groups in total. The van der Waals surface area contributed by atoms with Crippen molar-refractivity contribution in [3.8, 4) is 0 Å². The molecule has 0 aliphatic heterocycles. The van der Waals surface area contributed by atoms with Gasteiger partial charge in [0, 0.05) is 12.2 Å². The third-order valence-electron chi connectivity index (χ3n) is 3.67. The Morgan fingerprint density at radius 2 is 1.81 bits per heavy atom. The fraction of sp³-hybridized carbons (Fsp3) is 0.316. The van der Waals surface area contributed by atoms with Crippen molar-refractivity contribution in [2.45, 2.75) is 26.8 Å². The Balaban J connectivity index is 2.18. The zero-order valence-electron chi connectivity index (χ0n) is 15.1. The van der Waals surface area contributed by atoms with E-state index >= 15 is 0 Å². The number of carbonyl (C=O) groups excluding carboxylic acids is 1. The number of rotatable bonds is 9. The van der Waals surface area contributed by atoms with Gasteiger partial charge < -0.3 is 10.6 Å². The highest BCUT2D eigenvalue weighted by molar-refractivity contribution is 7.92. The van der Waals surface area contributed by atoms with E-state index in [-0.39, 0.29) is 22.9 Å². The van der Waals surface area contributed by atoms with E-state index in [1.54, 1.807) is 37.3 Å². The Kier molecular flexibility index (Phi) is 7.17. The SMILES string of the molecule is CCCS(=O)(=O)Nc1ccccc1C(=O)Nc1cccc(CNCC)c1. The van der Waals surface area contributed by atoms with Crippen LogP contribution in [-0.4, -0.2) is 26.6 Å². The van der Waals surface area contributed by atoms with Gasteiger partial charge in [-0.2, -0.15) is 0 Å². The fourth-order valence-electron chi connectivity index (χ4n) is 2.48. The van der Waals surface area contributed by atoms with Crippen LogP contribution in [0, 0.1) is 0 Å². The molecule has 0 heterocycles. The van der Waals surface area contributed by atoms with Gasteiger partial charge in [-0.3, -0.25) is 9.52 Å². The Morgan fingerprint density at radius 1 is 1.04 bits per heavy atom. The summed E-state index contributed by atoms with van der Waals surface area (Å²) in [6.45, 7) is 5.40. The number of carbonyl (C=O) groups is 1. The minimum absolute atomic E-state index is 0.00935. The van der Waals surface area contributed by atoms with Crippen molar-refractivity contribution < 1.29 is 13.2 Å². The molecule has 26 heavy (non-hydrogen) atoms. The summed E-state index contributed by atoms with van der Waals surface area (Å²) in [5, 5.41) is 6.07. The molecule has 2 rings (SSSR count). The maximum Gasteiger partial charge on any atom is 0.257 e. The van der Waals surface area contributed by atoms with Gasteiger partial charge in [0.25, 0.3) is 5.91 Å². The molecular formula is C19H25N3O3S. The van der Waals surface area contributed by atoms with Crippen LogP contribution in [0.15, 0.2) is 48.5 Å². The lowest BCUT2D eigenvalue weighted by molar-refractivity contribution is 0.102. The van der Waals surface area contributed by atoms with Gasteiger partial charge in [0.05, 0.1) is 17.0 Å². The molecule has 6 nitrogen and oxygen atoms in total. The second-order valence-electron chi connectivity index (χ2n) is 5.90. The predicted molar refractivity (Wildman–Crippen MR) is 106 cm³/mol. The van der Waals surface area contributed by atoms with Crippen LogP contribution in [0.2, 0.25) is 0 Å². The number of benzene rings is 2. The first kappa shape index (κ1) is 19.9. The molecule has 1 amide bonds. The molecule has 0 unspecified atom stereocenters. The van der Waals surface area contributed by atoms with Crippen molar-refractivity contribution in [3.05, 3.63) is 59.7 Å². The molecule has 0 aliphatic carbocycles. The van der Waals surface area contributed by atoms with E-state index < -0.39 is 10.0 Å².